The van der Waals surface area contributed by atoms with Crippen molar-refractivity contribution in [1.82, 2.24) is 4.90 Å². The lowest BCUT2D eigenvalue weighted by atomic mass is 10.1. The van der Waals surface area contributed by atoms with Gasteiger partial charge in [0.1, 0.15) is 0 Å². The van der Waals surface area contributed by atoms with Gasteiger partial charge in [0.15, 0.2) is 0 Å². The van der Waals surface area contributed by atoms with Crippen LogP contribution in [0.15, 0.2) is 0 Å². The fourth-order valence-electron chi connectivity index (χ4n) is 1.95. The summed E-state index contributed by atoms with van der Waals surface area (Å²) in [4.78, 5) is 2.47. The number of aliphatic hydroxyl groups is 1. The molecule has 86 valence electrons. The van der Waals surface area contributed by atoms with Crippen molar-refractivity contribution in [3.8, 4) is 0 Å². The molecule has 0 aliphatic carbocycles. The Morgan fingerprint density at radius 2 is 1.50 bits per heavy atom. The molecule has 0 aromatic carbocycles. The number of hydrogen-bond donors (Lipinski definition) is 1. The molecule has 0 aromatic heterocycles. The van der Waals surface area contributed by atoms with Gasteiger partial charge in [0, 0.05) is 18.6 Å². The van der Waals surface area contributed by atoms with Gasteiger partial charge in [0.2, 0.25) is 0 Å². The van der Waals surface area contributed by atoms with Crippen molar-refractivity contribution in [1.29, 1.82) is 0 Å². The van der Waals surface area contributed by atoms with Crippen LogP contribution in [0, 0.1) is 5.92 Å². The monoisotopic (exact) mass is 201 g/mol. The van der Waals surface area contributed by atoms with Gasteiger partial charge in [-0.3, -0.25) is 4.90 Å². The maximum atomic E-state index is 9.36. The fraction of sp³-hybridized carbons (Fsp3) is 1.00. The van der Waals surface area contributed by atoms with E-state index in [1.807, 2.05) is 6.92 Å². The average molecular weight is 201 g/mol. The van der Waals surface area contributed by atoms with E-state index < -0.39 is 0 Å². The summed E-state index contributed by atoms with van der Waals surface area (Å²) in [5.41, 5.74) is 0. The van der Waals surface area contributed by atoms with E-state index in [1.54, 1.807) is 0 Å². The second-order valence-corrected chi connectivity index (χ2v) is 5.12. The fourth-order valence-corrected chi connectivity index (χ4v) is 1.95. The lowest BCUT2D eigenvalue weighted by Crippen LogP contribution is -2.42. The molecule has 0 saturated carbocycles. The molecule has 0 amide bonds. The Bertz CT molecular complexity index is 143. The van der Waals surface area contributed by atoms with Gasteiger partial charge in [-0.2, -0.15) is 0 Å². The molecule has 1 N–H and O–H groups in total. The molecule has 2 nitrogen and oxygen atoms in total. The molecule has 0 aliphatic heterocycles. The molecule has 2 unspecified atom stereocenters. The second kappa shape index (κ2) is 6.41. The highest BCUT2D eigenvalue weighted by molar-refractivity contribution is 4.73. The zero-order valence-corrected chi connectivity index (χ0v) is 10.6. The molecule has 0 aromatic rings. The summed E-state index contributed by atoms with van der Waals surface area (Å²) in [6.07, 6.45) is 0.670. The molecule has 0 radical (unpaired) electrons. The first-order chi connectivity index (χ1) is 6.34. The molecular formula is C12H27NO. The highest BCUT2D eigenvalue weighted by atomic mass is 16.3. The Labute approximate surface area is 89.3 Å². The van der Waals surface area contributed by atoms with Crippen molar-refractivity contribution >= 4 is 0 Å². The van der Waals surface area contributed by atoms with Crippen LogP contribution in [0.3, 0.4) is 0 Å². The first kappa shape index (κ1) is 13.9. The Balaban J connectivity index is 4.18. The van der Waals surface area contributed by atoms with E-state index in [-0.39, 0.29) is 6.10 Å². The van der Waals surface area contributed by atoms with Crippen LogP contribution in [0.1, 0.15) is 48.0 Å². The summed E-state index contributed by atoms with van der Waals surface area (Å²) < 4.78 is 0. The average Bonchev–Trinajstić information content (AvgIpc) is 1.97. The van der Waals surface area contributed by atoms with Crippen molar-refractivity contribution in [2.45, 2.75) is 66.2 Å². The summed E-state index contributed by atoms with van der Waals surface area (Å²) in [5.74, 6) is 0.689. The summed E-state index contributed by atoms with van der Waals surface area (Å²) in [6.45, 7) is 14.1. The van der Waals surface area contributed by atoms with Crippen molar-refractivity contribution in [3.63, 3.8) is 0 Å². The molecule has 2 atom stereocenters. The number of nitrogens with zero attached hydrogens (tertiary/aromatic N) is 1. The standard InChI is InChI=1S/C12H27NO/c1-9(2)8-13(10(3)4)11(5)7-12(6)14/h9-12,14H,7-8H2,1-6H3. The van der Waals surface area contributed by atoms with Gasteiger partial charge in [-0.25, -0.2) is 0 Å². The first-order valence-corrected chi connectivity index (χ1v) is 5.78. The Morgan fingerprint density at radius 3 is 1.79 bits per heavy atom. The van der Waals surface area contributed by atoms with Gasteiger partial charge in [-0.15, -0.1) is 0 Å². The molecule has 0 saturated heterocycles. The maximum absolute atomic E-state index is 9.36. The van der Waals surface area contributed by atoms with Gasteiger partial charge in [-0.1, -0.05) is 13.8 Å². The minimum absolute atomic E-state index is 0.196. The Morgan fingerprint density at radius 1 is 1.00 bits per heavy atom. The van der Waals surface area contributed by atoms with Gasteiger partial charge < -0.3 is 5.11 Å². The van der Waals surface area contributed by atoms with Gasteiger partial charge in [0.25, 0.3) is 0 Å². The summed E-state index contributed by atoms with van der Waals surface area (Å²) >= 11 is 0. The molecule has 14 heavy (non-hydrogen) atoms. The smallest absolute Gasteiger partial charge is 0.0526 e. The predicted molar refractivity (Wildman–Crippen MR) is 62.4 cm³/mol. The largest absolute Gasteiger partial charge is 0.393 e. The minimum Gasteiger partial charge on any atom is -0.393 e. The van der Waals surface area contributed by atoms with Crippen LogP contribution >= 0.6 is 0 Å². The Kier molecular flexibility index (Phi) is 6.38. The highest BCUT2D eigenvalue weighted by Crippen LogP contribution is 2.13. The van der Waals surface area contributed by atoms with E-state index in [0.29, 0.717) is 18.0 Å². The topological polar surface area (TPSA) is 23.5 Å². The lowest BCUT2D eigenvalue weighted by molar-refractivity contribution is 0.0909. The SMILES string of the molecule is CC(C)CN(C(C)C)C(C)CC(C)O. The zero-order chi connectivity index (χ0) is 11.3. The van der Waals surface area contributed by atoms with Crippen LogP contribution in [-0.2, 0) is 0 Å². The van der Waals surface area contributed by atoms with E-state index in [0.717, 1.165) is 13.0 Å². The van der Waals surface area contributed by atoms with Crippen LogP contribution in [0.4, 0.5) is 0 Å². The maximum Gasteiger partial charge on any atom is 0.0526 e. The van der Waals surface area contributed by atoms with Crippen LogP contribution in [0.2, 0.25) is 0 Å². The quantitative estimate of drug-likeness (QED) is 0.714. The lowest BCUT2D eigenvalue weighted by Gasteiger charge is -2.34. The van der Waals surface area contributed by atoms with Crippen LogP contribution in [-0.4, -0.2) is 34.7 Å². The molecule has 0 bridgehead atoms. The van der Waals surface area contributed by atoms with Crippen LogP contribution in [0.25, 0.3) is 0 Å². The molecule has 0 rings (SSSR count). The van der Waals surface area contributed by atoms with Gasteiger partial charge in [0.05, 0.1) is 6.10 Å². The van der Waals surface area contributed by atoms with Crippen molar-refractivity contribution in [2.75, 3.05) is 6.54 Å². The van der Waals surface area contributed by atoms with Crippen LogP contribution in [0.5, 0.6) is 0 Å². The van der Waals surface area contributed by atoms with E-state index in [1.165, 1.54) is 0 Å². The number of aliphatic hydroxyl groups excluding tert-OH is 1. The van der Waals surface area contributed by atoms with Crippen molar-refractivity contribution in [3.05, 3.63) is 0 Å². The zero-order valence-electron chi connectivity index (χ0n) is 10.6. The second-order valence-electron chi connectivity index (χ2n) is 5.12. The van der Waals surface area contributed by atoms with Crippen LogP contribution < -0.4 is 0 Å². The van der Waals surface area contributed by atoms with E-state index in [9.17, 15) is 5.11 Å². The molecule has 0 fully saturated rings. The van der Waals surface area contributed by atoms with E-state index in [2.05, 4.69) is 39.5 Å². The van der Waals surface area contributed by atoms with Crippen molar-refractivity contribution in [2.24, 2.45) is 5.92 Å². The third kappa shape index (κ3) is 5.61. The van der Waals surface area contributed by atoms with Crippen molar-refractivity contribution < 1.29 is 5.11 Å². The molecule has 0 heterocycles. The summed E-state index contributed by atoms with van der Waals surface area (Å²) in [7, 11) is 0. The molecule has 0 spiro atoms. The summed E-state index contributed by atoms with van der Waals surface area (Å²) in [6, 6.07) is 1.03. The van der Waals surface area contributed by atoms with Gasteiger partial charge in [-0.05, 0) is 40.0 Å². The normalized spacial score (nSPS) is 16.7. The summed E-state index contributed by atoms with van der Waals surface area (Å²) in [5, 5.41) is 9.36. The number of rotatable bonds is 6. The minimum atomic E-state index is -0.196. The molecule has 2 heteroatoms. The van der Waals surface area contributed by atoms with E-state index >= 15 is 0 Å². The van der Waals surface area contributed by atoms with E-state index in [4.69, 9.17) is 0 Å². The third-order valence-corrected chi connectivity index (χ3v) is 2.49. The Hall–Kier alpha value is -0.0800. The molecule has 0 aliphatic rings. The predicted octanol–water partition coefficient (Wildman–Crippen LogP) is 2.51. The highest BCUT2D eigenvalue weighted by Gasteiger charge is 2.19. The third-order valence-electron chi connectivity index (χ3n) is 2.49. The van der Waals surface area contributed by atoms with Gasteiger partial charge >= 0.3 is 0 Å². The first-order valence-electron chi connectivity index (χ1n) is 5.78. The number of hydrogen-bond acceptors (Lipinski definition) is 2. The molecular weight excluding hydrogens is 174 g/mol.